The summed E-state index contributed by atoms with van der Waals surface area (Å²) in [6.45, 7) is 9.14. The highest BCUT2D eigenvalue weighted by Crippen LogP contribution is 2.47. The summed E-state index contributed by atoms with van der Waals surface area (Å²) in [5.74, 6) is 1.08. The summed E-state index contributed by atoms with van der Waals surface area (Å²) in [4.78, 5) is 12.5. The lowest BCUT2D eigenvalue weighted by molar-refractivity contribution is 0.0176. The molecule has 1 aromatic rings. The van der Waals surface area contributed by atoms with Gasteiger partial charge in [-0.25, -0.2) is 0 Å². The maximum absolute atomic E-state index is 5.57. The Hall–Kier alpha value is -0.380. The SMILES string of the molecule is CN=C(NCC(c1ccc(C)s1)N1CCOCC1)N1CCC2(CCC2)C1.I. The van der Waals surface area contributed by atoms with Crippen LogP contribution in [-0.2, 0) is 4.74 Å². The smallest absolute Gasteiger partial charge is 0.193 e. The highest BCUT2D eigenvalue weighted by molar-refractivity contribution is 14.0. The number of thiophene rings is 1. The third-order valence-corrected chi connectivity index (χ3v) is 7.50. The monoisotopic (exact) mass is 504 g/mol. The number of aliphatic imine (C=N–C) groups is 1. The minimum atomic E-state index is 0. The topological polar surface area (TPSA) is 40.1 Å². The quantitative estimate of drug-likeness (QED) is 0.387. The number of halogens is 1. The second-order valence-electron chi connectivity index (χ2n) is 8.07. The Morgan fingerprint density at radius 3 is 2.59 bits per heavy atom. The van der Waals surface area contributed by atoms with Gasteiger partial charge in [0.05, 0.1) is 19.3 Å². The molecule has 0 aromatic carbocycles. The lowest BCUT2D eigenvalue weighted by Gasteiger charge is -2.38. The van der Waals surface area contributed by atoms with Crippen molar-refractivity contribution < 1.29 is 4.74 Å². The molecule has 4 rings (SSSR count). The standard InChI is InChI=1S/C20H32N4OS.HI/c1-16-4-5-18(26-16)17(23-10-12-25-13-11-23)14-22-19(21-2)24-9-8-20(15-24)6-3-7-20;/h4-5,17H,3,6-15H2,1-2H3,(H,21,22);1H. The van der Waals surface area contributed by atoms with Crippen LogP contribution in [0.3, 0.4) is 0 Å². The molecule has 1 saturated carbocycles. The molecule has 1 unspecified atom stereocenters. The number of nitrogens with zero attached hydrogens (tertiary/aromatic N) is 3. The Morgan fingerprint density at radius 2 is 2.04 bits per heavy atom. The molecule has 1 aliphatic carbocycles. The number of rotatable bonds is 4. The summed E-state index contributed by atoms with van der Waals surface area (Å²) < 4.78 is 5.57. The summed E-state index contributed by atoms with van der Waals surface area (Å²) in [7, 11) is 1.92. The molecule has 3 heterocycles. The zero-order chi connectivity index (χ0) is 18.0. The zero-order valence-electron chi connectivity index (χ0n) is 16.6. The fourth-order valence-electron chi connectivity index (χ4n) is 4.65. The maximum Gasteiger partial charge on any atom is 0.193 e. The number of likely N-dealkylation sites (tertiary alicyclic amines) is 1. The number of nitrogens with one attached hydrogen (secondary N) is 1. The number of morpholine rings is 1. The van der Waals surface area contributed by atoms with Crippen molar-refractivity contribution in [2.75, 3.05) is 53.0 Å². The van der Waals surface area contributed by atoms with E-state index in [-0.39, 0.29) is 24.0 Å². The van der Waals surface area contributed by atoms with E-state index in [1.165, 1.54) is 42.0 Å². The minimum absolute atomic E-state index is 0. The van der Waals surface area contributed by atoms with Gasteiger partial charge < -0.3 is 15.0 Å². The number of hydrogen-bond donors (Lipinski definition) is 1. The van der Waals surface area contributed by atoms with E-state index in [4.69, 9.17) is 4.74 Å². The van der Waals surface area contributed by atoms with Crippen LogP contribution in [0.1, 0.15) is 41.5 Å². The molecule has 5 nitrogen and oxygen atoms in total. The van der Waals surface area contributed by atoms with Gasteiger partial charge in [-0.05, 0) is 43.7 Å². The molecule has 2 aliphatic heterocycles. The normalized spacial score (nSPS) is 23.8. The van der Waals surface area contributed by atoms with E-state index < -0.39 is 0 Å². The molecule has 27 heavy (non-hydrogen) atoms. The average Bonchev–Trinajstić information content (AvgIpc) is 3.26. The zero-order valence-corrected chi connectivity index (χ0v) is 19.7. The molecule has 1 aromatic heterocycles. The molecular weight excluding hydrogens is 471 g/mol. The fraction of sp³-hybridized carbons (Fsp3) is 0.750. The predicted molar refractivity (Wildman–Crippen MR) is 123 cm³/mol. The van der Waals surface area contributed by atoms with Crippen LogP contribution in [0.25, 0.3) is 0 Å². The Morgan fingerprint density at radius 1 is 1.26 bits per heavy atom. The van der Waals surface area contributed by atoms with Gasteiger partial charge in [0, 0.05) is 49.5 Å². The van der Waals surface area contributed by atoms with Crippen molar-refractivity contribution in [2.24, 2.45) is 10.4 Å². The third kappa shape index (κ3) is 4.79. The second kappa shape index (κ2) is 9.41. The molecule has 1 N–H and O–H groups in total. The average molecular weight is 504 g/mol. The minimum Gasteiger partial charge on any atom is -0.379 e. The van der Waals surface area contributed by atoms with E-state index in [2.05, 4.69) is 39.2 Å². The van der Waals surface area contributed by atoms with Crippen LogP contribution < -0.4 is 5.32 Å². The molecule has 0 amide bonds. The van der Waals surface area contributed by atoms with Crippen molar-refractivity contribution in [1.29, 1.82) is 0 Å². The van der Waals surface area contributed by atoms with Gasteiger partial charge in [0.25, 0.3) is 0 Å². The van der Waals surface area contributed by atoms with Crippen LogP contribution in [0, 0.1) is 12.3 Å². The number of guanidine groups is 1. The molecule has 3 aliphatic rings. The molecule has 0 radical (unpaired) electrons. The highest BCUT2D eigenvalue weighted by Gasteiger charge is 2.43. The Bertz CT molecular complexity index is 640. The predicted octanol–water partition coefficient (Wildman–Crippen LogP) is 3.50. The van der Waals surface area contributed by atoms with Crippen LogP contribution in [-0.4, -0.2) is 68.7 Å². The van der Waals surface area contributed by atoms with E-state index in [1.807, 2.05) is 18.4 Å². The number of ether oxygens (including phenoxy) is 1. The van der Waals surface area contributed by atoms with Crippen molar-refractivity contribution in [3.63, 3.8) is 0 Å². The summed E-state index contributed by atoms with van der Waals surface area (Å²) in [6, 6.07) is 4.93. The lowest BCUT2D eigenvalue weighted by atomic mass is 9.68. The van der Waals surface area contributed by atoms with Crippen LogP contribution in [0.4, 0.5) is 0 Å². The van der Waals surface area contributed by atoms with Crippen molar-refractivity contribution in [1.82, 2.24) is 15.1 Å². The molecule has 1 atom stereocenters. The van der Waals surface area contributed by atoms with Gasteiger partial charge in [0.2, 0.25) is 0 Å². The lowest BCUT2D eigenvalue weighted by Crippen LogP contribution is -2.47. The largest absolute Gasteiger partial charge is 0.379 e. The van der Waals surface area contributed by atoms with E-state index in [9.17, 15) is 0 Å². The molecule has 2 saturated heterocycles. The molecule has 7 heteroatoms. The third-order valence-electron chi connectivity index (χ3n) is 6.39. The van der Waals surface area contributed by atoms with Crippen LogP contribution in [0.5, 0.6) is 0 Å². The first kappa shape index (κ1) is 21.3. The van der Waals surface area contributed by atoms with Crippen LogP contribution >= 0.6 is 35.3 Å². The molecular formula is C20H33IN4OS. The first-order valence-electron chi connectivity index (χ1n) is 10.0. The van der Waals surface area contributed by atoms with E-state index in [1.54, 1.807) is 0 Å². The van der Waals surface area contributed by atoms with E-state index in [0.717, 1.165) is 45.4 Å². The van der Waals surface area contributed by atoms with Gasteiger partial charge in [-0.1, -0.05) is 6.42 Å². The van der Waals surface area contributed by atoms with Crippen LogP contribution in [0.2, 0.25) is 0 Å². The van der Waals surface area contributed by atoms with Crippen molar-refractivity contribution >= 4 is 41.3 Å². The Kier molecular flexibility index (Phi) is 7.44. The first-order chi connectivity index (χ1) is 12.7. The first-order valence-corrected chi connectivity index (χ1v) is 10.8. The summed E-state index contributed by atoms with van der Waals surface area (Å²) in [5, 5.41) is 3.70. The van der Waals surface area contributed by atoms with Crippen molar-refractivity contribution in [3.8, 4) is 0 Å². The Labute approximate surface area is 184 Å². The number of hydrogen-bond acceptors (Lipinski definition) is 4. The van der Waals surface area contributed by atoms with Gasteiger partial charge in [-0.3, -0.25) is 9.89 Å². The van der Waals surface area contributed by atoms with Gasteiger partial charge in [-0.15, -0.1) is 35.3 Å². The molecule has 3 fully saturated rings. The molecule has 1 spiro atoms. The van der Waals surface area contributed by atoms with Gasteiger partial charge in [0.15, 0.2) is 5.96 Å². The molecule has 152 valence electrons. The summed E-state index contributed by atoms with van der Waals surface area (Å²) >= 11 is 1.92. The van der Waals surface area contributed by atoms with E-state index >= 15 is 0 Å². The molecule has 0 bridgehead atoms. The van der Waals surface area contributed by atoms with Crippen molar-refractivity contribution in [2.45, 2.75) is 38.6 Å². The highest BCUT2D eigenvalue weighted by atomic mass is 127. The van der Waals surface area contributed by atoms with Crippen molar-refractivity contribution in [3.05, 3.63) is 21.9 Å². The fourth-order valence-corrected chi connectivity index (χ4v) is 5.66. The maximum atomic E-state index is 5.57. The van der Waals surface area contributed by atoms with Gasteiger partial charge in [0.1, 0.15) is 0 Å². The number of aryl methyl sites for hydroxylation is 1. The van der Waals surface area contributed by atoms with E-state index in [0.29, 0.717) is 11.5 Å². The summed E-state index contributed by atoms with van der Waals surface area (Å²) in [5.41, 5.74) is 0.603. The second-order valence-corrected chi connectivity index (χ2v) is 9.39. The Balaban J connectivity index is 0.00000210. The summed E-state index contributed by atoms with van der Waals surface area (Å²) in [6.07, 6.45) is 5.57. The van der Waals surface area contributed by atoms with Crippen LogP contribution in [0.15, 0.2) is 17.1 Å². The van der Waals surface area contributed by atoms with Gasteiger partial charge in [-0.2, -0.15) is 0 Å². The van der Waals surface area contributed by atoms with Gasteiger partial charge >= 0.3 is 0 Å².